The van der Waals surface area contributed by atoms with Crippen molar-refractivity contribution >= 4 is 17.4 Å². The number of nitrogens with zero attached hydrogens (tertiary/aromatic N) is 1. The van der Waals surface area contributed by atoms with Crippen molar-refractivity contribution < 1.29 is 24.2 Å². The van der Waals surface area contributed by atoms with Gasteiger partial charge in [0.15, 0.2) is 0 Å². The van der Waals surface area contributed by atoms with E-state index in [1.54, 1.807) is 23.1 Å². The molecule has 0 aliphatic carbocycles. The summed E-state index contributed by atoms with van der Waals surface area (Å²) in [5.74, 6) is 0.240. The molecule has 2 aromatic rings. The molecule has 0 saturated carbocycles. The number of carbonyl (C=O) groups excluding carboxylic acids is 2. The predicted molar refractivity (Wildman–Crippen MR) is 133 cm³/mol. The van der Waals surface area contributed by atoms with Crippen molar-refractivity contribution in [1.29, 1.82) is 0 Å². The third kappa shape index (κ3) is 5.79. The summed E-state index contributed by atoms with van der Waals surface area (Å²) in [4.78, 5) is 27.7. The predicted octanol–water partition coefficient (Wildman–Crippen LogP) is 5.73. The number of aliphatic hydroxyl groups is 1. The van der Waals surface area contributed by atoms with E-state index in [2.05, 4.69) is 13.8 Å². The van der Waals surface area contributed by atoms with E-state index < -0.39 is 17.7 Å². The van der Waals surface area contributed by atoms with Crippen LogP contribution in [0.25, 0.3) is 5.76 Å². The van der Waals surface area contributed by atoms with Gasteiger partial charge >= 0.3 is 0 Å². The molecule has 0 bridgehead atoms. The number of hydrogen-bond donors (Lipinski definition) is 1. The van der Waals surface area contributed by atoms with E-state index >= 15 is 0 Å². The highest BCUT2D eigenvalue weighted by atomic mass is 16.5. The largest absolute Gasteiger partial charge is 0.507 e. The first kappa shape index (κ1) is 25.3. The summed E-state index contributed by atoms with van der Waals surface area (Å²) in [5.41, 5.74) is 1.31. The number of ether oxygens (including phenoxy) is 2. The molecule has 0 radical (unpaired) electrons. The van der Waals surface area contributed by atoms with Crippen LogP contribution >= 0.6 is 0 Å². The molecule has 6 nitrogen and oxygen atoms in total. The highest BCUT2D eigenvalue weighted by Gasteiger charge is 2.45. The number of benzene rings is 2. The molecule has 34 heavy (non-hydrogen) atoms. The van der Waals surface area contributed by atoms with Crippen LogP contribution in [0.15, 0.2) is 54.1 Å². The van der Waals surface area contributed by atoms with Crippen LogP contribution in [0.2, 0.25) is 0 Å². The number of hydrogen-bond acceptors (Lipinski definition) is 5. The average Bonchev–Trinajstić information content (AvgIpc) is 3.09. The fourth-order valence-electron chi connectivity index (χ4n) is 3.90. The van der Waals surface area contributed by atoms with E-state index in [-0.39, 0.29) is 11.3 Å². The third-order valence-corrected chi connectivity index (χ3v) is 5.65. The molecule has 1 fully saturated rings. The molecule has 1 N–H and O–H groups in total. The summed E-state index contributed by atoms with van der Waals surface area (Å²) in [6, 6.07) is 13.7. The second-order valence-corrected chi connectivity index (χ2v) is 9.00. The molecule has 1 saturated heterocycles. The summed E-state index contributed by atoms with van der Waals surface area (Å²) in [7, 11) is 0. The van der Waals surface area contributed by atoms with Gasteiger partial charge in [0.1, 0.15) is 17.3 Å². The number of aliphatic hydroxyl groups excluding tert-OH is 1. The van der Waals surface area contributed by atoms with Crippen LogP contribution < -0.4 is 9.47 Å². The van der Waals surface area contributed by atoms with E-state index in [4.69, 9.17) is 9.47 Å². The minimum Gasteiger partial charge on any atom is -0.507 e. The number of Topliss-reactive ketones (excluding diaryl/α,β-unsaturated/α-hetero) is 1. The first-order valence-electron chi connectivity index (χ1n) is 12.1. The maximum Gasteiger partial charge on any atom is 0.295 e. The molecule has 0 spiro atoms. The van der Waals surface area contributed by atoms with Crippen LogP contribution in [-0.2, 0) is 9.59 Å². The average molecular weight is 466 g/mol. The molecule has 1 heterocycles. The molecule has 1 aliphatic rings. The quantitative estimate of drug-likeness (QED) is 0.260. The molecule has 0 aromatic heterocycles. The monoisotopic (exact) mass is 465 g/mol. The van der Waals surface area contributed by atoms with Gasteiger partial charge in [-0.3, -0.25) is 9.59 Å². The topological polar surface area (TPSA) is 76.1 Å². The Morgan fingerprint density at radius 1 is 1.00 bits per heavy atom. The van der Waals surface area contributed by atoms with Gasteiger partial charge in [0, 0.05) is 12.1 Å². The fourth-order valence-corrected chi connectivity index (χ4v) is 3.90. The molecule has 1 unspecified atom stereocenters. The van der Waals surface area contributed by atoms with E-state index in [9.17, 15) is 14.7 Å². The van der Waals surface area contributed by atoms with E-state index in [0.717, 1.165) is 30.6 Å². The number of rotatable bonds is 11. The van der Waals surface area contributed by atoms with Crippen molar-refractivity contribution in [2.45, 2.75) is 53.0 Å². The fraction of sp³-hybridized carbons (Fsp3) is 0.429. The standard InChI is InChI=1S/C28H35NO5/c1-5-7-15-29-25(20-11-13-22(14-12-20)33-16-6-2)24(27(31)28(29)32)26(30)21-9-8-10-23(17-21)34-18-19(3)4/h8-14,17,19,25,30H,5-7,15-16,18H2,1-4H3/b26-24-. The summed E-state index contributed by atoms with van der Waals surface area (Å²) in [6.45, 7) is 9.78. The number of amides is 1. The van der Waals surface area contributed by atoms with E-state index in [0.29, 0.717) is 37.0 Å². The summed E-state index contributed by atoms with van der Waals surface area (Å²) in [5, 5.41) is 11.3. The second-order valence-electron chi connectivity index (χ2n) is 9.00. The molecule has 6 heteroatoms. The van der Waals surface area contributed by atoms with Crippen molar-refractivity contribution in [3.63, 3.8) is 0 Å². The van der Waals surface area contributed by atoms with Crippen LogP contribution in [0.3, 0.4) is 0 Å². The maximum atomic E-state index is 13.1. The van der Waals surface area contributed by atoms with Crippen LogP contribution in [-0.4, -0.2) is 41.5 Å². The number of carbonyl (C=O) groups is 2. The number of likely N-dealkylation sites (tertiary alicyclic amines) is 1. The molecule has 2 aromatic carbocycles. The Hall–Kier alpha value is -3.28. The van der Waals surface area contributed by atoms with Crippen molar-refractivity contribution in [2.24, 2.45) is 5.92 Å². The molecule has 3 rings (SSSR count). The summed E-state index contributed by atoms with van der Waals surface area (Å²) >= 11 is 0. The molecular formula is C28H35NO5. The second kappa shape index (κ2) is 11.7. The number of ketones is 1. The highest BCUT2D eigenvalue weighted by molar-refractivity contribution is 6.46. The Balaban J connectivity index is 2.03. The van der Waals surface area contributed by atoms with Gasteiger partial charge in [0.05, 0.1) is 24.8 Å². The Bertz CT molecular complexity index is 1030. The van der Waals surface area contributed by atoms with E-state index in [1.807, 2.05) is 44.2 Å². The van der Waals surface area contributed by atoms with Gasteiger partial charge in [0.2, 0.25) is 0 Å². The highest BCUT2D eigenvalue weighted by Crippen LogP contribution is 2.40. The van der Waals surface area contributed by atoms with Gasteiger partial charge in [-0.05, 0) is 48.6 Å². The van der Waals surface area contributed by atoms with Crippen LogP contribution in [0.4, 0.5) is 0 Å². The summed E-state index contributed by atoms with van der Waals surface area (Å²) in [6.07, 6.45) is 2.55. The Kier molecular flexibility index (Phi) is 8.74. The first-order chi connectivity index (χ1) is 16.4. The first-order valence-corrected chi connectivity index (χ1v) is 12.1. The minimum absolute atomic E-state index is 0.101. The Morgan fingerprint density at radius 3 is 2.38 bits per heavy atom. The SMILES string of the molecule is CCCCN1C(=O)C(=O)/C(=C(\O)c2cccc(OCC(C)C)c2)C1c1ccc(OCCC)cc1. The van der Waals surface area contributed by atoms with Crippen molar-refractivity contribution in [3.05, 3.63) is 65.2 Å². The lowest BCUT2D eigenvalue weighted by atomic mass is 9.95. The number of unbranched alkanes of at least 4 members (excludes halogenated alkanes) is 1. The van der Waals surface area contributed by atoms with Gasteiger partial charge in [-0.25, -0.2) is 0 Å². The van der Waals surface area contributed by atoms with Gasteiger partial charge in [0.25, 0.3) is 11.7 Å². The lowest BCUT2D eigenvalue weighted by Gasteiger charge is -2.25. The van der Waals surface area contributed by atoms with Crippen molar-refractivity contribution in [3.8, 4) is 11.5 Å². The Labute approximate surface area is 202 Å². The molecule has 1 amide bonds. The zero-order valence-corrected chi connectivity index (χ0v) is 20.5. The molecule has 182 valence electrons. The third-order valence-electron chi connectivity index (χ3n) is 5.65. The zero-order chi connectivity index (χ0) is 24.7. The van der Waals surface area contributed by atoms with Crippen molar-refractivity contribution in [2.75, 3.05) is 19.8 Å². The molecular weight excluding hydrogens is 430 g/mol. The van der Waals surface area contributed by atoms with Gasteiger partial charge < -0.3 is 19.5 Å². The lowest BCUT2D eigenvalue weighted by Crippen LogP contribution is -2.30. The Morgan fingerprint density at radius 2 is 1.74 bits per heavy atom. The smallest absolute Gasteiger partial charge is 0.295 e. The summed E-state index contributed by atoms with van der Waals surface area (Å²) < 4.78 is 11.5. The van der Waals surface area contributed by atoms with Crippen LogP contribution in [0.1, 0.15) is 64.1 Å². The minimum atomic E-state index is -0.668. The van der Waals surface area contributed by atoms with Gasteiger partial charge in [-0.15, -0.1) is 0 Å². The van der Waals surface area contributed by atoms with E-state index in [1.165, 1.54) is 0 Å². The van der Waals surface area contributed by atoms with Crippen LogP contribution in [0.5, 0.6) is 11.5 Å². The normalized spacial score (nSPS) is 17.4. The van der Waals surface area contributed by atoms with Gasteiger partial charge in [-0.2, -0.15) is 0 Å². The molecule has 1 atom stereocenters. The lowest BCUT2D eigenvalue weighted by molar-refractivity contribution is -0.139. The van der Waals surface area contributed by atoms with Crippen molar-refractivity contribution in [1.82, 2.24) is 4.90 Å². The zero-order valence-electron chi connectivity index (χ0n) is 20.5. The molecule has 1 aliphatic heterocycles. The van der Waals surface area contributed by atoms with Crippen LogP contribution in [0, 0.1) is 5.92 Å². The maximum absolute atomic E-state index is 13.1. The van der Waals surface area contributed by atoms with Gasteiger partial charge in [-0.1, -0.05) is 58.4 Å².